The predicted molar refractivity (Wildman–Crippen MR) is 70.0 cm³/mol. The molecule has 0 unspecified atom stereocenters. The van der Waals surface area contributed by atoms with Crippen molar-refractivity contribution in [2.75, 3.05) is 39.9 Å². The molecule has 5 nitrogen and oxygen atoms in total. The second-order valence-corrected chi connectivity index (χ2v) is 5.28. The van der Waals surface area contributed by atoms with Crippen LogP contribution < -0.4 is 0 Å². The van der Waals surface area contributed by atoms with Crippen LogP contribution in [0.5, 0.6) is 0 Å². The molecule has 0 saturated carbocycles. The number of likely N-dealkylation sites (N-methyl/N-ethyl adjacent to an activating group) is 1. The van der Waals surface area contributed by atoms with Crippen molar-refractivity contribution in [1.82, 2.24) is 0 Å². The lowest BCUT2D eigenvalue weighted by Gasteiger charge is -2.37. The zero-order valence-corrected chi connectivity index (χ0v) is 11.3. The monoisotopic (exact) mass is 257 g/mol. The van der Waals surface area contributed by atoms with Crippen LogP contribution >= 0.6 is 0 Å². The van der Waals surface area contributed by atoms with Crippen molar-refractivity contribution in [3.05, 3.63) is 0 Å². The molecule has 0 aromatic carbocycles. The maximum Gasteiger partial charge on any atom is 0.177 e. The molecule has 18 heavy (non-hydrogen) atoms. The Morgan fingerprint density at radius 1 is 1.28 bits per heavy atom. The smallest absolute Gasteiger partial charge is 0.177 e. The molecule has 1 fully saturated rings. The van der Waals surface area contributed by atoms with Gasteiger partial charge in [0.25, 0.3) is 0 Å². The molecule has 1 heterocycles. The van der Waals surface area contributed by atoms with Gasteiger partial charge in [0.05, 0.1) is 26.8 Å². The van der Waals surface area contributed by atoms with Crippen LogP contribution in [0.2, 0.25) is 0 Å². The SMILES string of the molecule is C[N+]1(CCCCCCC(=O)/C=N/O)CCOCC1. The summed E-state index contributed by atoms with van der Waals surface area (Å²) in [5.74, 6) is -0.0929. The van der Waals surface area contributed by atoms with Crippen LogP contribution in [0.1, 0.15) is 32.1 Å². The molecular formula is C13H25N2O3+. The van der Waals surface area contributed by atoms with E-state index in [1.165, 1.54) is 13.0 Å². The standard InChI is InChI=1S/C13H24N2O3/c1-15(8-10-18-11-9-15)7-5-3-2-4-6-13(16)12-14-17/h12H,2-11H2,1H3/p+1. The number of carbonyl (C=O) groups excluding carboxylic acids is 1. The van der Waals surface area contributed by atoms with Crippen LogP contribution in [0.15, 0.2) is 5.16 Å². The van der Waals surface area contributed by atoms with Gasteiger partial charge in [-0.1, -0.05) is 11.6 Å². The van der Waals surface area contributed by atoms with Crippen LogP contribution in [-0.2, 0) is 9.53 Å². The number of quaternary nitrogens is 1. The Hall–Kier alpha value is -0.940. The fourth-order valence-electron chi connectivity index (χ4n) is 2.28. The third-order valence-corrected chi connectivity index (χ3v) is 3.62. The predicted octanol–water partition coefficient (Wildman–Crippen LogP) is 1.44. The number of hydrogen-bond donors (Lipinski definition) is 1. The number of oxime groups is 1. The van der Waals surface area contributed by atoms with Gasteiger partial charge < -0.3 is 14.4 Å². The molecule has 1 N–H and O–H groups in total. The molecule has 1 saturated heterocycles. The molecule has 1 aliphatic heterocycles. The third-order valence-electron chi connectivity index (χ3n) is 3.62. The largest absolute Gasteiger partial charge is 0.411 e. The maximum absolute atomic E-state index is 11.0. The summed E-state index contributed by atoms with van der Waals surface area (Å²) in [4.78, 5) is 11.0. The molecule has 5 heteroatoms. The van der Waals surface area contributed by atoms with Gasteiger partial charge in [-0.25, -0.2) is 0 Å². The molecule has 0 bridgehead atoms. The van der Waals surface area contributed by atoms with E-state index in [1.54, 1.807) is 0 Å². The first-order valence-corrected chi connectivity index (χ1v) is 6.78. The van der Waals surface area contributed by atoms with Gasteiger partial charge in [-0.05, 0) is 19.3 Å². The number of morpholine rings is 1. The van der Waals surface area contributed by atoms with Crippen LogP contribution in [0.25, 0.3) is 0 Å². The van der Waals surface area contributed by atoms with E-state index in [9.17, 15) is 4.79 Å². The van der Waals surface area contributed by atoms with Crippen LogP contribution in [0.4, 0.5) is 0 Å². The quantitative estimate of drug-likeness (QED) is 0.235. The second kappa shape index (κ2) is 8.21. The van der Waals surface area contributed by atoms with E-state index in [0.717, 1.165) is 56.3 Å². The molecule has 0 aromatic rings. The van der Waals surface area contributed by atoms with Crippen molar-refractivity contribution in [2.45, 2.75) is 32.1 Å². The average Bonchev–Trinajstić information content (AvgIpc) is 2.35. The summed E-state index contributed by atoms with van der Waals surface area (Å²) >= 11 is 0. The minimum atomic E-state index is -0.0929. The van der Waals surface area contributed by atoms with E-state index in [-0.39, 0.29) is 5.78 Å². The van der Waals surface area contributed by atoms with Crippen molar-refractivity contribution in [2.24, 2.45) is 5.16 Å². The Balaban J connectivity index is 1.99. The highest BCUT2D eigenvalue weighted by Gasteiger charge is 2.24. The van der Waals surface area contributed by atoms with Gasteiger partial charge >= 0.3 is 0 Å². The highest BCUT2D eigenvalue weighted by molar-refractivity contribution is 6.27. The van der Waals surface area contributed by atoms with Crippen LogP contribution in [0.3, 0.4) is 0 Å². The van der Waals surface area contributed by atoms with Crippen LogP contribution in [0, 0.1) is 0 Å². The number of nitrogens with zero attached hydrogens (tertiary/aromatic N) is 2. The molecule has 0 amide bonds. The first kappa shape index (κ1) is 15.1. The number of unbranched alkanes of at least 4 members (excludes halogenated alkanes) is 3. The van der Waals surface area contributed by atoms with Gasteiger partial charge in [0.2, 0.25) is 0 Å². The zero-order valence-electron chi connectivity index (χ0n) is 11.3. The van der Waals surface area contributed by atoms with E-state index in [1.807, 2.05) is 0 Å². The third kappa shape index (κ3) is 6.12. The summed E-state index contributed by atoms with van der Waals surface area (Å²) in [6.45, 7) is 5.20. The minimum absolute atomic E-state index is 0.0929. The summed E-state index contributed by atoms with van der Waals surface area (Å²) in [6.07, 6.45) is 5.81. The Morgan fingerprint density at radius 2 is 1.94 bits per heavy atom. The van der Waals surface area contributed by atoms with E-state index in [4.69, 9.17) is 9.94 Å². The molecule has 0 spiro atoms. The molecule has 0 aliphatic carbocycles. The first-order chi connectivity index (χ1) is 8.66. The second-order valence-electron chi connectivity index (χ2n) is 5.28. The summed E-state index contributed by atoms with van der Waals surface area (Å²) in [5.41, 5.74) is 0. The van der Waals surface area contributed by atoms with Gasteiger partial charge in [0, 0.05) is 6.42 Å². The topological polar surface area (TPSA) is 58.9 Å². The summed E-state index contributed by atoms with van der Waals surface area (Å²) in [6, 6.07) is 0. The molecular weight excluding hydrogens is 232 g/mol. The highest BCUT2D eigenvalue weighted by atomic mass is 16.5. The normalized spacial score (nSPS) is 19.2. The fourth-order valence-corrected chi connectivity index (χ4v) is 2.28. The van der Waals surface area contributed by atoms with Crippen molar-refractivity contribution in [3.8, 4) is 0 Å². The molecule has 0 radical (unpaired) electrons. The van der Waals surface area contributed by atoms with Gasteiger partial charge in [-0.2, -0.15) is 0 Å². The van der Waals surface area contributed by atoms with Gasteiger partial charge in [-0.3, -0.25) is 4.79 Å². The van der Waals surface area contributed by atoms with E-state index < -0.39 is 0 Å². The zero-order chi connectivity index (χ0) is 13.3. The number of hydrogen-bond acceptors (Lipinski definition) is 4. The molecule has 1 rings (SSSR count). The van der Waals surface area contributed by atoms with E-state index in [0.29, 0.717) is 6.42 Å². The Bertz CT molecular complexity index is 273. The number of ether oxygens (including phenoxy) is 1. The number of Topliss-reactive ketones (excluding diaryl/α,β-unsaturated/α-hetero) is 1. The Kier molecular flexibility index (Phi) is 6.90. The number of rotatable bonds is 8. The summed E-state index contributed by atoms with van der Waals surface area (Å²) < 4.78 is 6.49. The van der Waals surface area contributed by atoms with Crippen molar-refractivity contribution >= 4 is 12.0 Å². The first-order valence-electron chi connectivity index (χ1n) is 6.78. The average molecular weight is 257 g/mol. The van der Waals surface area contributed by atoms with Crippen molar-refractivity contribution in [3.63, 3.8) is 0 Å². The van der Waals surface area contributed by atoms with E-state index in [2.05, 4.69) is 12.2 Å². The van der Waals surface area contributed by atoms with Gasteiger partial charge in [0.1, 0.15) is 19.3 Å². The lowest BCUT2D eigenvalue weighted by molar-refractivity contribution is -0.917. The molecule has 104 valence electrons. The Morgan fingerprint density at radius 3 is 2.61 bits per heavy atom. The molecule has 0 aromatic heterocycles. The van der Waals surface area contributed by atoms with Crippen LogP contribution in [-0.4, -0.2) is 61.6 Å². The lowest BCUT2D eigenvalue weighted by Crippen LogP contribution is -2.52. The number of carbonyl (C=O) groups is 1. The fraction of sp³-hybridized carbons (Fsp3) is 0.846. The molecule has 0 atom stereocenters. The Labute approximate surface area is 109 Å². The molecule has 1 aliphatic rings. The number of ketones is 1. The van der Waals surface area contributed by atoms with E-state index >= 15 is 0 Å². The van der Waals surface area contributed by atoms with Gasteiger partial charge in [-0.15, -0.1) is 0 Å². The maximum atomic E-state index is 11.0. The lowest BCUT2D eigenvalue weighted by atomic mass is 10.1. The summed E-state index contributed by atoms with van der Waals surface area (Å²) in [5, 5.41) is 10.9. The van der Waals surface area contributed by atoms with Gasteiger partial charge in [0.15, 0.2) is 5.78 Å². The van der Waals surface area contributed by atoms with Crippen molar-refractivity contribution in [1.29, 1.82) is 0 Å². The van der Waals surface area contributed by atoms with Crippen molar-refractivity contribution < 1.29 is 19.2 Å². The highest BCUT2D eigenvalue weighted by Crippen LogP contribution is 2.11. The minimum Gasteiger partial charge on any atom is -0.411 e. The summed E-state index contributed by atoms with van der Waals surface area (Å²) in [7, 11) is 2.30.